The van der Waals surface area contributed by atoms with Crippen molar-refractivity contribution in [3.8, 4) is 0 Å². The molecule has 0 unspecified atom stereocenters. The molecule has 1 aliphatic rings. The average Bonchev–Trinajstić information content (AvgIpc) is 3.02. The van der Waals surface area contributed by atoms with Gasteiger partial charge >= 0.3 is 0 Å². The first-order valence-electron chi connectivity index (χ1n) is 7.20. The van der Waals surface area contributed by atoms with Crippen molar-refractivity contribution >= 4 is 17.0 Å². The predicted octanol–water partition coefficient (Wildman–Crippen LogP) is 4.08. The Bertz CT molecular complexity index is 543. The molecular formula is C15H20FN3. The van der Waals surface area contributed by atoms with E-state index >= 15 is 0 Å². The van der Waals surface area contributed by atoms with Crippen molar-refractivity contribution in [2.75, 3.05) is 11.9 Å². The molecule has 1 heterocycles. The van der Waals surface area contributed by atoms with E-state index in [1.54, 1.807) is 6.07 Å². The maximum atomic E-state index is 13.1. The fourth-order valence-corrected chi connectivity index (χ4v) is 2.96. The Balaban J connectivity index is 1.50. The predicted molar refractivity (Wildman–Crippen MR) is 75.7 cm³/mol. The number of anilines is 1. The molecule has 0 aliphatic heterocycles. The maximum absolute atomic E-state index is 13.1. The summed E-state index contributed by atoms with van der Waals surface area (Å²) in [6.07, 6.45) is 8.12. The Hall–Kier alpha value is -1.58. The van der Waals surface area contributed by atoms with Crippen molar-refractivity contribution in [3.05, 3.63) is 24.0 Å². The number of fused-ring (bicyclic) bond motifs is 1. The third-order valence-electron chi connectivity index (χ3n) is 4.00. The Kier molecular flexibility index (Phi) is 3.67. The molecule has 19 heavy (non-hydrogen) atoms. The van der Waals surface area contributed by atoms with Crippen LogP contribution in [0.1, 0.15) is 38.5 Å². The van der Waals surface area contributed by atoms with Crippen LogP contribution < -0.4 is 5.32 Å². The van der Waals surface area contributed by atoms with Crippen LogP contribution in [0.15, 0.2) is 18.2 Å². The molecule has 102 valence electrons. The molecule has 0 spiro atoms. The molecule has 2 aromatic rings. The minimum absolute atomic E-state index is 0.232. The molecule has 1 aromatic heterocycles. The van der Waals surface area contributed by atoms with Gasteiger partial charge in [-0.05, 0) is 37.0 Å². The molecule has 1 saturated carbocycles. The van der Waals surface area contributed by atoms with Crippen LogP contribution in [-0.2, 0) is 0 Å². The van der Waals surface area contributed by atoms with Gasteiger partial charge in [0.1, 0.15) is 5.82 Å². The molecule has 3 rings (SSSR count). The number of benzene rings is 1. The van der Waals surface area contributed by atoms with E-state index in [9.17, 15) is 4.39 Å². The van der Waals surface area contributed by atoms with E-state index in [1.807, 2.05) is 0 Å². The van der Waals surface area contributed by atoms with Crippen LogP contribution >= 0.6 is 0 Å². The van der Waals surface area contributed by atoms with Gasteiger partial charge in [-0.3, -0.25) is 0 Å². The summed E-state index contributed by atoms with van der Waals surface area (Å²) in [5.74, 6) is 1.45. The topological polar surface area (TPSA) is 40.7 Å². The molecule has 1 aromatic carbocycles. The van der Waals surface area contributed by atoms with Crippen LogP contribution in [0.25, 0.3) is 11.0 Å². The third-order valence-corrected chi connectivity index (χ3v) is 4.00. The van der Waals surface area contributed by atoms with Gasteiger partial charge in [-0.2, -0.15) is 0 Å². The van der Waals surface area contributed by atoms with Gasteiger partial charge in [0.2, 0.25) is 5.95 Å². The fourth-order valence-electron chi connectivity index (χ4n) is 2.96. The standard InChI is InChI=1S/C15H20FN3/c16-12-7-8-13-14(10-12)19-15(18-13)17-9-3-6-11-4-1-2-5-11/h7-8,10-11H,1-6,9H2,(H2,17,18,19). The molecular weight excluding hydrogens is 241 g/mol. The van der Waals surface area contributed by atoms with Crippen LogP contribution in [0.4, 0.5) is 10.3 Å². The van der Waals surface area contributed by atoms with E-state index in [2.05, 4.69) is 15.3 Å². The van der Waals surface area contributed by atoms with Crippen LogP contribution in [0.3, 0.4) is 0 Å². The minimum atomic E-state index is -0.232. The van der Waals surface area contributed by atoms with E-state index in [-0.39, 0.29) is 5.82 Å². The van der Waals surface area contributed by atoms with Gasteiger partial charge in [0.15, 0.2) is 0 Å². The molecule has 0 saturated heterocycles. The van der Waals surface area contributed by atoms with Crippen molar-refractivity contribution in [1.82, 2.24) is 9.97 Å². The van der Waals surface area contributed by atoms with Gasteiger partial charge in [0.25, 0.3) is 0 Å². The zero-order valence-corrected chi connectivity index (χ0v) is 11.1. The van der Waals surface area contributed by atoms with E-state index in [0.29, 0.717) is 0 Å². The highest BCUT2D eigenvalue weighted by atomic mass is 19.1. The summed E-state index contributed by atoms with van der Waals surface area (Å²) in [4.78, 5) is 7.49. The number of hydrogen-bond acceptors (Lipinski definition) is 2. The van der Waals surface area contributed by atoms with Crippen molar-refractivity contribution < 1.29 is 4.39 Å². The molecule has 1 aliphatic carbocycles. The van der Waals surface area contributed by atoms with Gasteiger partial charge in [-0.15, -0.1) is 0 Å². The van der Waals surface area contributed by atoms with Crippen LogP contribution in [-0.4, -0.2) is 16.5 Å². The van der Waals surface area contributed by atoms with Crippen LogP contribution in [0.2, 0.25) is 0 Å². The Labute approximate surface area is 112 Å². The number of nitrogens with one attached hydrogen (secondary N) is 2. The van der Waals surface area contributed by atoms with Gasteiger partial charge in [0, 0.05) is 6.54 Å². The van der Waals surface area contributed by atoms with E-state index in [4.69, 9.17) is 0 Å². The Morgan fingerprint density at radius 2 is 2.16 bits per heavy atom. The van der Waals surface area contributed by atoms with Gasteiger partial charge < -0.3 is 10.3 Å². The zero-order chi connectivity index (χ0) is 13.1. The van der Waals surface area contributed by atoms with E-state index in [1.165, 1.54) is 50.7 Å². The summed E-state index contributed by atoms with van der Waals surface area (Å²) in [5, 5.41) is 3.29. The lowest BCUT2D eigenvalue weighted by atomic mass is 10.0. The highest BCUT2D eigenvalue weighted by molar-refractivity contribution is 5.77. The zero-order valence-electron chi connectivity index (χ0n) is 11.1. The maximum Gasteiger partial charge on any atom is 0.201 e. The lowest BCUT2D eigenvalue weighted by Gasteiger charge is -2.08. The molecule has 3 nitrogen and oxygen atoms in total. The highest BCUT2D eigenvalue weighted by Gasteiger charge is 2.14. The summed E-state index contributed by atoms with van der Waals surface area (Å²) in [6, 6.07) is 4.62. The lowest BCUT2D eigenvalue weighted by Crippen LogP contribution is -2.05. The van der Waals surface area contributed by atoms with Crippen LogP contribution in [0.5, 0.6) is 0 Å². The number of H-pyrrole nitrogens is 1. The van der Waals surface area contributed by atoms with E-state index < -0.39 is 0 Å². The lowest BCUT2D eigenvalue weighted by molar-refractivity contribution is 0.491. The monoisotopic (exact) mass is 261 g/mol. The number of aromatic amines is 1. The summed E-state index contributed by atoms with van der Waals surface area (Å²) < 4.78 is 13.1. The molecule has 2 N–H and O–H groups in total. The second-order valence-corrected chi connectivity index (χ2v) is 5.47. The average molecular weight is 261 g/mol. The van der Waals surface area contributed by atoms with E-state index in [0.717, 1.165) is 29.4 Å². The normalized spacial score (nSPS) is 16.3. The SMILES string of the molecule is Fc1ccc2nc(NCCCC3CCCC3)[nH]c2c1. The Morgan fingerprint density at radius 3 is 3.00 bits per heavy atom. The number of halogens is 1. The van der Waals surface area contributed by atoms with Crippen molar-refractivity contribution in [3.63, 3.8) is 0 Å². The second kappa shape index (κ2) is 5.59. The minimum Gasteiger partial charge on any atom is -0.356 e. The van der Waals surface area contributed by atoms with Gasteiger partial charge in [0.05, 0.1) is 11.0 Å². The number of aromatic nitrogens is 2. The second-order valence-electron chi connectivity index (χ2n) is 5.47. The molecule has 1 fully saturated rings. The summed E-state index contributed by atoms with van der Waals surface area (Å²) in [6.45, 7) is 0.929. The number of imidazole rings is 1. The van der Waals surface area contributed by atoms with Crippen molar-refractivity contribution in [2.45, 2.75) is 38.5 Å². The summed E-state index contributed by atoms with van der Waals surface area (Å²) in [7, 11) is 0. The molecule has 0 amide bonds. The first-order valence-corrected chi connectivity index (χ1v) is 7.20. The molecule has 4 heteroatoms. The molecule has 0 atom stereocenters. The first-order chi connectivity index (χ1) is 9.31. The summed E-state index contributed by atoms with van der Waals surface area (Å²) >= 11 is 0. The van der Waals surface area contributed by atoms with Gasteiger partial charge in [-0.25, -0.2) is 9.37 Å². The first kappa shape index (κ1) is 12.5. The van der Waals surface area contributed by atoms with Crippen molar-refractivity contribution in [1.29, 1.82) is 0 Å². The molecule has 0 radical (unpaired) electrons. The number of rotatable bonds is 5. The smallest absolute Gasteiger partial charge is 0.201 e. The Morgan fingerprint density at radius 1 is 1.32 bits per heavy atom. The number of hydrogen-bond donors (Lipinski definition) is 2. The summed E-state index contributed by atoms with van der Waals surface area (Å²) in [5.41, 5.74) is 1.55. The van der Waals surface area contributed by atoms with Crippen molar-refractivity contribution in [2.24, 2.45) is 5.92 Å². The fraction of sp³-hybridized carbons (Fsp3) is 0.533. The largest absolute Gasteiger partial charge is 0.356 e. The molecule has 0 bridgehead atoms. The highest BCUT2D eigenvalue weighted by Crippen LogP contribution is 2.28. The quantitative estimate of drug-likeness (QED) is 0.796. The van der Waals surface area contributed by atoms with Gasteiger partial charge in [-0.1, -0.05) is 25.7 Å². The number of nitrogens with zero attached hydrogens (tertiary/aromatic N) is 1. The third kappa shape index (κ3) is 3.06. The van der Waals surface area contributed by atoms with Crippen LogP contribution in [0, 0.1) is 11.7 Å².